The lowest BCUT2D eigenvalue weighted by molar-refractivity contribution is -0.130. The van der Waals surface area contributed by atoms with Crippen LogP contribution in [0.4, 0.5) is 0 Å². The van der Waals surface area contributed by atoms with Crippen molar-refractivity contribution >= 4 is 28.9 Å². The van der Waals surface area contributed by atoms with E-state index < -0.39 is 5.92 Å². The molecule has 0 spiro atoms. The third-order valence-corrected chi connectivity index (χ3v) is 9.51. The summed E-state index contributed by atoms with van der Waals surface area (Å²) in [4.78, 5) is 64.7. The van der Waals surface area contributed by atoms with E-state index in [1.54, 1.807) is 12.2 Å². The van der Waals surface area contributed by atoms with E-state index in [0.29, 0.717) is 19.3 Å². The number of Topliss-reactive ketones (excluding diaryl/α,β-unsaturated/α-hetero) is 3. The molecule has 2 aliphatic rings. The summed E-state index contributed by atoms with van der Waals surface area (Å²) >= 11 is 0. The SMILES string of the molecule is CCCCCc1cc(CC2C(=O)/C=C/CC/C=C/C2=O)c(C)c2c1CC(CC(CCC)C(CC)C(=O)CC(C)=O)CC2=O. The first-order valence-electron chi connectivity index (χ1n) is 16.7. The highest BCUT2D eigenvalue weighted by Crippen LogP contribution is 2.39. The van der Waals surface area contributed by atoms with Gasteiger partial charge < -0.3 is 0 Å². The van der Waals surface area contributed by atoms with Gasteiger partial charge in [-0.25, -0.2) is 0 Å². The minimum atomic E-state index is -0.773. The Kier molecular flexibility index (Phi) is 13.5. The Morgan fingerprint density at radius 2 is 1.58 bits per heavy atom. The maximum absolute atomic E-state index is 13.9. The molecule has 0 amide bonds. The zero-order chi connectivity index (χ0) is 31.5. The van der Waals surface area contributed by atoms with Crippen molar-refractivity contribution in [1.29, 1.82) is 0 Å². The summed E-state index contributed by atoms with van der Waals surface area (Å²) < 4.78 is 0. The van der Waals surface area contributed by atoms with Crippen LogP contribution in [0, 0.1) is 30.6 Å². The van der Waals surface area contributed by atoms with Gasteiger partial charge in [-0.15, -0.1) is 0 Å². The fourth-order valence-corrected chi connectivity index (χ4v) is 7.32. The molecular weight excluding hydrogens is 536 g/mol. The number of benzene rings is 1. The molecule has 5 heteroatoms. The van der Waals surface area contributed by atoms with Crippen molar-refractivity contribution in [2.24, 2.45) is 23.7 Å². The minimum Gasteiger partial charge on any atom is -0.300 e. The number of hydrogen-bond donors (Lipinski definition) is 0. The third kappa shape index (κ3) is 9.27. The average molecular weight is 589 g/mol. The van der Waals surface area contributed by atoms with Gasteiger partial charge in [0.2, 0.25) is 0 Å². The van der Waals surface area contributed by atoms with Crippen LogP contribution in [-0.2, 0) is 38.4 Å². The summed E-state index contributed by atoms with van der Waals surface area (Å²) in [7, 11) is 0. The topological polar surface area (TPSA) is 85.3 Å². The average Bonchev–Trinajstić information content (AvgIpc) is 3.02. The van der Waals surface area contributed by atoms with Crippen LogP contribution in [0.3, 0.4) is 0 Å². The molecule has 2 aliphatic carbocycles. The highest BCUT2D eigenvalue weighted by atomic mass is 16.2. The molecule has 3 unspecified atom stereocenters. The maximum Gasteiger partial charge on any atom is 0.166 e. The van der Waals surface area contributed by atoms with Crippen molar-refractivity contribution < 1.29 is 24.0 Å². The maximum atomic E-state index is 13.9. The Morgan fingerprint density at radius 3 is 2.16 bits per heavy atom. The Balaban J connectivity index is 1.97. The van der Waals surface area contributed by atoms with E-state index in [2.05, 4.69) is 19.9 Å². The Labute approximate surface area is 259 Å². The van der Waals surface area contributed by atoms with Crippen LogP contribution >= 0.6 is 0 Å². The Hall–Kier alpha value is -2.95. The molecular formula is C38H52O5. The quantitative estimate of drug-likeness (QED) is 0.153. The molecule has 1 aromatic rings. The van der Waals surface area contributed by atoms with Crippen molar-refractivity contribution in [3.8, 4) is 0 Å². The molecule has 234 valence electrons. The number of allylic oxidation sites excluding steroid dienone is 4. The van der Waals surface area contributed by atoms with Crippen LogP contribution in [-0.4, -0.2) is 28.9 Å². The van der Waals surface area contributed by atoms with E-state index in [-0.39, 0.29) is 53.1 Å². The van der Waals surface area contributed by atoms with E-state index >= 15 is 0 Å². The molecule has 0 saturated carbocycles. The standard InChI is InChI=1S/C38H52O5/c1-6-9-12-16-29-23-30(24-33-34(40)17-13-10-11-14-18-35(33)41)26(5)38-32(29)21-27(22-37(38)43)20-28(15-7-2)31(8-3)36(42)19-25(4)39/h13-14,17-18,23,27-28,31,33H,6-12,15-16,19-22,24H2,1-5H3/b17-13+,18-14+. The van der Waals surface area contributed by atoms with Crippen LogP contribution in [0.15, 0.2) is 30.4 Å². The lowest BCUT2D eigenvalue weighted by Gasteiger charge is -2.33. The van der Waals surface area contributed by atoms with Gasteiger partial charge in [0, 0.05) is 17.9 Å². The summed E-state index contributed by atoms with van der Waals surface area (Å²) in [5.74, 6) is -0.869. The zero-order valence-corrected chi connectivity index (χ0v) is 27.1. The van der Waals surface area contributed by atoms with Crippen molar-refractivity contribution in [1.82, 2.24) is 0 Å². The second kappa shape index (κ2) is 16.8. The smallest absolute Gasteiger partial charge is 0.166 e. The molecule has 43 heavy (non-hydrogen) atoms. The first kappa shape index (κ1) is 34.5. The van der Waals surface area contributed by atoms with Crippen LogP contribution in [0.1, 0.15) is 131 Å². The van der Waals surface area contributed by atoms with Gasteiger partial charge in [0.1, 0.15) is 11.6 Å². The summed E-state index contributed by atoms with van der Waals surface area (Å²) in [6, 6.07) is 2.18. The molecule has 0 bridgehead atoms. The summed E-state index contributed by atoms with van der Waals surface area (Å²) in [5, 5.41) is 0. The molecule has 1 aromatic carbocycles. The number of carbonyl (C=O) groups is 5. The summed E-state index contributed by atoms with van der Waals surface area (Å²) in [6.07, 6.45) is 17.3. The van der Waals surface area contributed by atoms with E-state index in [1.165, 1.54) is 12.5 Å². The van der Waals surface area contributed by atoms with Gasteiger partial charge in [0.05, 0.1) is 12.3 Å². The largest absolute Gasteiger partial charge is 0.300 e. The number of unbranched alkanes of at least 4 members (excludes halogenated alkanes) is 2. The molecule has 0 heterocycles. The molecule has 0 aromatic heterocycles. The summed E-state index contributed by atoms with van der Waals surface area (Å²) in [6.45, 7) is 9.79. The molecule has 0 radical (unpaired) electrons. The first-order chi connectivity index (χ1) is 20.6. The van der Waals surface area contributed by atoms with Gasteiger partial charge in [0.25, 0.3) is 0 Å². The molecule has 5 nitrogen and oxygen atoms in total. The highest BCUT2D eigenvalue weighted by Gasteiger charge is 2.35. The van der Waals surface area contributed by atoms with Crippen LogP contribution < -0.4 is 0 Å². The van der Waals surface area contributed by atoms with E-state index in [1.807, 2.05) is 26.0 Å². The number of fused-ring (bicyclic) bond motifs is 1. The number of aryl methyl sites for hydroxylation is 1. The lowest BCUT2D eigenvalue weighted by atomic mass is 9.70. The van der Waals surface area contributed by atoms with E-state index in [9.17, 15) is 24.0 Å². The summed E-state index contributed by atoms with van der Waals surface area (Å²) in [5.41, 5.74) is 4.92. The molecule has 3 atom stereocenters. The molecule has 0 fully saturated rings. The number of rotatable bonds is 15. The van der Waals surface area contributed by atoms with Crippen molar-refractivity contribution in [2.45, 2.75) is 125 Å². The zero-order valence-electron chi connectivity index (χ0n) is 27.1. The predicted molar refractivity (Wildman–Crippen MR) is 172 cm³/mol. The van der Waals surface area contributed by atoms with Gasteiger partial charge in [-0.3, -0.25) is 24.0 Å². The molecule has 0 aliphatic heterocycles. The van der Waals surface area contributed by atoms with Crippen molar-refractivity contribution in [3.63, 3.8) is 0 Å². The van der Waals surface area contributed by atoms with Crippen molar-refractivity contribution in [3.05, 3.63) is 58.2 Å². The fraction of sp³-hybridized carbons (Fsp3) is 0.605. The van der Waals surface area contributed by atoms with Crippen LogP contribution in [0.2, 0.25) is 0 Å². The number of carbonyl (C=O) groups excluding carboxylic acids is 5. The second-order valence-electron chi connectivity index (χ2n) is 12.9. The Morgan fingerprint density at radius 1 is 0.907 bits per heavy atom. The van der Waals surface area contributed by atoms with Crippen LogP contribution in [0.5, 0.6) is 0 Å². The fourth-order valence-electron chi connectivity index (χ4n) is 7.32. The van der Waals surface area contributed by atoms with Gasteiger partial charge in [-0.05, 0) is 111 Å². The van der Waals surface area contributed by atoms with Gasteiger partial charge >= 0.3 is 0 Å². The second-order valence-corrected chi connectivity index (χ2v) is 12.9. The Bertz CT molecular complexity index is 1220. The van der Waals surface area contributed by atoms with Crippen LogP contribution in [0.25, 0.3) is 0 Å². The monoisotopic (exact) mass is 588 g/mol. The van der Waals surface area contributed by atoms with Gasteiger partial charge in [-0.2, -0.15) is 0 Å². The highest BCUT2D eigenvalue weighted by molar-refractivity contribution is 6.11. The van der Waals surface area contributed by atoms with E-state index in [4.69, 9.17) is 0 Å². The van der Waals surface area contributed by atoms with Gasteiger partial charge in [-0.1, -0.05) is 64.7 Å². The minimum absolute atomic E-state index is 0.00766. The normalized spacial score (nSPS) is 20.5. The number of ketones is 5. The molecule has 3 rings (SSSR count). The first-order valence-corrected chi connectivity index (χ1v) is 16.7. The lowest BCUT2D eigenvalue weighted by Crippen LogP contribution is -2.30. The molecule has 0 saturated heterocycles. The molecule has 0 N–H and O–H groups in total. The van der Waals surface area contributed by atoms with Crippen molar-refractivity contribution in [2.75, 3.05) is 0 Å². The predicted octanol–water partition coefficient (Wildman–Crippen LogP) is 8.06. The number of hydrogen-bond acceptors (Lipinski definition) is 5. The third-order valence-electron chi connectivity index (χ3n) is 9.51. The van der Waals surface area contributed by atoms with Gasteiger partial charge in [0.15, 0.2) is 17.3 Å². The van der Waals surface area contributed by atoms with E-state index in [0.717, 1.165) is 86.5 Å².